The van der Waals surface area contributed by atoms with E-state index in [9.17, 15) is 0 Å². The molecule has 1 N–H and O–H groups in total. The van der Waals surface area contributed by atoms with Crippen molar-refractivity contribution in [2.45, 2.75) is 25.3 Å². The van der Waals surface area contributed by atoms with Crippen LogP contribution >= 0.6 is 46.4 Å². The summed E-state index contributed by atoms with van der Waals surface area (Å²) in [5.74, 6) is 0.424. The average Bonchev–Trinajstić information content (AvgIpc) is 2.97. The van der Waals surface area contributed by atoms with Gasteiger partial charge < -0.3 is 4.98 Å². The lowest BCUT2D eigenvalue weighted by atomic mass is 9.89. The van der Waals surface area contributed by atoms with E-state index in [1.54, 1.807) is 0 Å². The van der Waals surface area contributed by atoms with Gasteiger partial charge in [0, 0.05) is 33.2 Å². The molecule has 0 spiro atoms. The fourth-order valence-corrected chi connectivity index (χ4v) is 4.84. The number of halogens is 4. The Balaban J connectivity index is 1.44. The lowest BCUT2D eigenvalue weighted by Crippen LogP contribution is -2.32. The van der Waals surface area contributed by atoms with Crippen molar-refractivity contribution >= 4 is 57.3 Å². The van der Waals surface area contributed by atoms with Crippen LogP contribution in [0, 0.1) is 0 Å². The van der Waals surface area contributed by atoms with E-state index < -0.39 is 0 Å². The van der Waals surface area contributed by atoms with E-state index in [2.05, 4.69) is 16.0 Å². The number of aromatic nitrogens is 1. The van der Waals surface area contributed by atoms with Gasteiger partial charge in [0.05, 0.1) is 10.0 Å². The number of likely N-dealkylation sites (tertiary alicyclic amines) is 1. The molecule has 2 heterocycles. The third-order valence-electron chi connectivity index (χ3n) is 5.11. The Morgan fingerprint density at radius 3 is 2.23 bits per heavy atom. The van der Waals surface area contributed by atoms with E-state index in [4.69, 9.17) is 46.4 Å². The van der Waals surface area contributed by atoms with Gasteiger partial charge in [-0.1, -0.05) is 52.5 Å². The Hall–Kier alpha value is -0.900. The molecule has 6 heteroatoms. The molecule has 0 unspecified atom stereocenters. The number of H-pyrrole nitrogens is 1. The van der Waals surface area contributed by atoms with E-state index in [0.29, 0.717) is 16.0 Å². The predicted octanol–water partition coefficient (Wildman–Crippen LogP) is 7.16. The van der Waals surface area contributed by atoms with Gasteiger partial charge in [-0.15, -0.1) is 0 Å². The molecular formula is C20H18Cl4N2. The van der Waals surface area contributed by atoms with Crippen LogP contribution in [0.1, 0.15) is 30.0 Å². The summed E-state index contributed by atoms with van der Waals surface area (Å²) in [6.45, 7) is 2.92. The highest BCUT2D eigenvalue weighted by atomic mass is 35.5. The van der Waals surface area contributed by atoms with Crippen molar-refractivity contribution in [3.63, 3.8) is 0 Å². The van der Waals surface area contributed by atoms with E-state index in [-0.39, 0.29) is 0 Å². The van der Waals surface area contributed by atoms with Gasteiger partial charge in [0.1, 0.15) is 0 Å². The highest BCUT2D eigenvalue weighted by molar-refractivity contribution is 6.42. The highest BCUT2D eigenvalue weighted by Gasteiger charge is 2.24. The minimum atomic E-state index is 0.424. The first kappa shape index (κ1) is 18.5. The van der Waals surface area contributed by atoms with Gasteiger partial charge in [0.2, 0.25) is 0 Å². The summed E-state index contributed by atoms with van der Waals surface area (Å²) in [6.07, 6.45) is 2.11. The number of hydrogen-bond acceptors (Lipinski definition) is 1. The Morgan fingerprint density at radius 2 is 1.54 bits per heavy atom. The van der Waals surface area contributed by atoms with Crippen molar-refractivity contribution in [2.24, 2.45) is 0 Å². The molecule has 0 saturated carbocycles. The van der Waals surface area contributed by atoms with E-state index >= 15 is 0 Å². The number of nitrogens with one attached hydrogen (secondary N) is 1. The summed E-state index contributed by atoms with van der Waals surface area (Å²) in [4.78, 5) is 5.90. The third-order valence-corrected chi connectivity index (χ3v) is 6.49. The molecule has 1 fully saturated rings. The number of fused-ring (bicyclic) bond motifs is 1. The first-order valence-electron chi connectivity index (χ1n) is 8.64. The zero-order chi connectivity index (χ0) is 18.3. The number of rotatable bonds is 3. The number of hydrogen-bond donors (Lipinski definition) is 1. The van der Waals surface area contributed by atoms with Crippen LogP contribution in [0.15, 0.2) is 36.4 Å². The van der Waals surface area contributed by atoms with Crippen molar-refractivity contribution in [1.82, 2.24) is 9.88 Å². The maximum absolute atomic E-state index is 6.38. The topological polar surface area (TPSA) is 19.0 Å². The zero-order valence-corrected chi connectivity index (χ0v) is 17.1. The summed E-state index contributed by atoms with van der Waals surface area (Å²) in [5, 5.41) is 3.81. The first-order valence-corrected chi connectivity index (χ1v) is 10.2. The molecule has 26 heavy (non-hydrogen) atoms. The lowest BCUT2D eigenvalue weighted by molar-refractivity contribution is 0.203. The quantitative estimate of drug-likeness (QED) is 0.469. The SMILES string of the molecule is Clc1cc2cc(CN3CCC(c4c(Cl)cccc4Cl)CC3)[nH]c2cc1Cl. The van der Waals surface area contributed by atoms with Crippen LogP contribution in [-0.2, 0) is 6.54 Å². The van der Waals surface area contributed by atoms with Crippen LogP contribution in [0.25, 0.3) is 10.9 Å². The fourth-order valence-electron chi connectivity index (χ4n) is 3.79. The van der Waals surface area contributed by atoms with E-state index in [0.717, 1.165) is 59.0 Å². The second-order valence-electron chi connectivity index (χ2n) is 6.83. The Kier molecular flexibility index (Phi) is 5.41. The smallest absolute Gasteiger partial charge is 0.0613 e. The van der Waals surface area contributed by atoms with Crippen LogP contribution in [-0.4, -0.2) is 23.0 Å². The van der Waals surface area contributed by atoms with Crippen LogP contribution in [0.3, 0.4) is 0 Å². The molecule has 0 atom stereocenters. The maximum Gasteiger partial charge on any atom is 0.0613 e. The Labute approximate surface area is 173 Å². The monoisotopic (exact) mass is 426 g/mol. The van der Waals surface area contributed by atoms with Gasteiger partial charge in [-0.25, -0.2) is 0 Å². The van der Waals surface area contributed by atoms with Crippen molar-refractivity contribution in [1.29, 1.82) is 0 Å². The predicted molar refractivity (Wildman–Crippen MR) is 112 cm³/mol. The number of aromatic amines is 1. The molecule has 2 nitrogen and oxygen atoms in total. The molecule has 0 bridgehead atoms. The van der Waals surface area contributed by atoms with Crippen molar-refractivity contribution in [3.8, 4) is 0 Å². The molecule has 136 valence electrons. The third kappa shape index (κ3) is 3.72. The first-order chi connectivity index (χ1) is 12.5. The van der Waals surface area contributed by atoms with Gasteiger partial charge in [0.25, 0.3) is 0 Å². The maximum atomic E-state index is 6.38. The molecule has 0 radical (unpaired) electrons. The molecule has 1 aliphatic heterocycles. The van der Waals surface area contributed by atoms with Crippen molar-refractivity contribution in [3.05, 3.63) is 67.7 Å². The van der Waals surface area contributed by atoms with Crippen LogP contribution in [0.2, 0.25) is 20.1 Å². The molecule has 1 saturated heterocycles. The molecule has 1 aromatic heterocycles. The molecule has 3 aromatic rings. The second-order valence-corrected chi connectivity index (χ2v) is 8.46. The standard InChI is InChI=1S/C20H18Cl4N2/c21-15-2-1-3-16(22)20(15)12-4-6-26(7-5-12)11-14-8-13-9-17(23)18(24)10-19(13)25-14/h1-3,8-10,12,25H,4-7,11H2. The number of piperidine rings is 1. The molecule has 0 amide bonds. The van der Waals surface area contributed by atoms with Gasteiger partial charge in [-0.3, -0.25) is 4.90 Å². The van der Waals surface area contributed by atoms with Gasteiger partial charge >= 0.3 is 0 Å². The average molecular weight is 428 g/mol. The van der Waals surface area contributed by atoms with Crippen LogP contribution in [0.5, 0.6) is 0 Å². The summed E-state index contributed by atoms with van der Waals surface area (Å²) in [7, 11) is 0. The summed E-state index contributed by atoms with van der Waals surface area (Å²) >= 11 is 25.0. The van der Waals surface area contributed by atoms with Gasteiger partial charge in [0.15, 0.2) is 0 Å². The zero-order valence-electron chi connectivity index (χ0n) is 14.0. The summed E-state index contributed by atoms with van der Waals surface area (Å²) in [6, 6.07) is 11.7. The van der Waals surface area contributed by atoms with E-state index in [1.165, 1.54) is 5.69 Å². The molecular weight excluding hydrogens is 410 g/mol. The highest BCUT2D eigenvalue weighted by Crippen LogP contribution is 2.37. The molecule has 1 aliphatic rings. The molecule has 4 rings (SSSR count). The minimum absolute atomic E-state index is 0.424. The second kappa shape index (κ2) is 7.61. The Morgan fingerprint density at radius 1 is 0.885 bits per heavy atom. The lowest BCUT2D eigenvalue weighted by Gasteiger charge is -2.32. The van der Waals surface area contributed by atoms with Crippen molar-refractivity contribution < 1.29 is 0 Å². The normalized spacial score (nSPS) is 16.5. The van der Waals surface area contributed by atoms with Crippen LogP contribution in [0.4, 0.5) is 0 Å². The van der Waals surface area contributed by atoms with Gasteiger partial charge in [-0.05, 0) is 67.7 Å². The molecule has 0 aliphatic carbocycles. The van der Waals surface area contributed by atoms with Crippen LogP contribution < -0.4 is 0 Å². The molecule has 2 aromatic carbocycles. The number of nitrogens with zero attached hydrogens (tertiary/aromatic N) is 1. The minimum Gasteiger partial charge on any atom is -0.357 e. The summed E-state index contributed by atoms with van der Waals surface area (Å²) < 4.78 is 0. The largest absolute Gasteiger partial charge is 0.357 e. The Bertz CT molecular complexity index is 883. The van der Waals surface area contributed by atoms with E-state index in [1.807, 2.05) is 30.3 Å². The van der Waals surface area contributed by atoms with Gasteiger partial charge in [-0.2, -0.15) is 0 Å². The number of benzene rings is 2. The fraction of sp³-hybridized carbons (Fsp3) is 0.300. The summed E-state index contributed by atoms with van der Waals surface area (Å²) in [5.41, 5.74) is 3.30. The van der Waals surface area contributed by atoms with Crippen molar-refractivity contribution in [2.75, 3.05) is 13.1 Å².